The number of fused-ring (bicyclic) bond motifs is 1. The number of hydrogen-bond donors (Lipinski definition) is 1. The van der Waals surface area contributed by atoms with Gasteiger partial charge in [-0.25, -0.2) is 0 Å². The van der Waals surface area contributed by atoms with Crippen molar-refractivity contribution >= 4 is 22.5 Å². The van der Waals surface area contributed by atoms with Crippen LogP contribution >= 0.6 is 11.6 Å². The van der Waals surface area contributed by atoms with Crippen LogP contribution in [0.2, 0.25) is 5.02 Å². The molecule has 0 unspecified atom stereocenters. The number of H-pyrrole nitrogens is 1. The molecule has 1 aromatic carbocycles. The predicted octanol–water partition coefficient (Wildman–Crippen LogP) is 2.74. The van der Waals surface area contributed by atoms with Gasteiger partial charge in [0.15, 0.2) is 5.43 Å². The van der Waals surface area contributed by atoms with Gasteiger partial charge in [0, 0.05) is 22.2 Å². The molecule has 2 nitrogen and oxygen atoms in total. The lowest BCUT2D eigenvalue weighted by Crippen LogP contribution is -2.08. The van der Waals surface area contributed by atoms with Crippen LogP contribution < -0.4 is 5.43 Å². The number of halogens is 1. The summed E-state index contributed by atoms with van der Waals surface area (Å²) in [6, 6.07) is 5.26. The van der Waals surface area contributed by atoms with E-state index in [2.05, 4.69) is 4.98 Å². The SMILES string of the molecule is CCc1c[nH]c2cc(Cl)ccc2c1=O. The minimum Gasteiger partial charge on any atom is -0.361 e. The Kier molecular flexibility index (Phi) is 2.30. The minimum absolute atomic E-state index is 0.0953. The summed E-state index contributed by atoms with van der Waals surface area (Å²) in [5.41, 5.74) is 1.69. The molecule has 2 aromatic rings. The molecule has 0 spiro atoms. The summed E-state index contributed by atoms with van der Waals surface area (Å²) >= 11 is 5.82. The van der Waals surface area contributed by atoms with E-state index < -0.39 is 0 Å². The van der Waals surface area contributed by atoms with Gasteiger partial charge in [0.2, 0.25) is 0 Å². The van der Waals surface area contributed by atoms with Crippen LogP contribution in [0.15, 0.2) is 29.2 Å². The van der Waals surface area contributed by atoms with Crippen molar-refractivity contribution in [3.63, 3.8) is 0 Å². The van der Waals surface area contributed by atoms with Crippen molar-refractivity contribution in [3.05, 3.63) is 45.2 Å². The van der Waals surface area contributed by atoms with E-state index in [4.69, 9.17) is 11.6 Å². The molecule has 3 heteroatoms. The van der Waals surface area contributed by atoms with Crippen LogP contribution in [0.3, 0.4) is 0 Å². The normalized spacial score (nSPS) is 10.7. The molecule has 1 aromatic heterocycles. The predicted molar refractivity (Wildman–Crippen MR) is 59.0 cm³/mol. The van der Waals surface area contributed by atoms with Gasteiger partial charge in [0.05, 0.1) is 5.52 Å². The lowest BCUT2D eigenvalue weighted by molar-refractivity contribution is 1.10. The van der Waals surface area contributed by atoms with E-state index in [1.807, 2.05) is 6.92 Å². The zero-order chi connectivity index (χ0) is 10.1. The fraction of sp³-hybridized carbons (Fsp3) is 0.182. The molecule has 0 aliphatic heterocycles. The third-order valence-corrected chi connectivity index (χ3v) is 2.54. The molecule has 0 aliphatic rings. The van der Waals surface area contributed by atoms with Crippen LogP contribution in [0.1, 0.15) is 12.5 Å². The monoisotopic (exact) mass is 207 g/mol. The van der Waals surface area contributed by atoms with Gasteiger partial charge in [-0.3, -0.25) is 4.79 Å². The van der Waals surface area contributed by atoms with E-state index in [-0.39, 0.29) is 5.43 Å². The number of aryl methyl sites for hydroxylation is 1. The average molecular weight is 208 g/mol. The highest BCUT2D eigenvalue weighted by atomic mass is 35.5. The summed E-state index contributed by atoms with van der Waals surface area (Å²) in [5.74, 6) is 0. The minimum atomic E-state index is 0.0953. The third kappa shape index (κ3) is 1.42. The lowest BCUT2D eigenvalue weighted by atomic mass is 10.1. The van der Waals surface area contributed by atoms with Crippen LogP contribution in [0.4, 0.5) is 0 Å². The Balaban J connectivity index is 2.84. The van der Waals surface area contributed by atoms with Crippen LogP contribution in [0, 0.1) is 0 Å². The maximum absolute atomic E-state index is 11.8. The summed E-state index contributed by atoms with van der Waals surface area (Å²) < 4.78 is 0. The number of benzene rings is 1. The molecule has 0 bridgehead atoms. The van der Waals surface area contributed by atoms with Crippen molar-refractivity contribution in [2.45, 2.75) is 13.3 Å². The number of nitrogens with one attached hydrogen (secondary N) is 1. The van der Waals surface area contributed by atoms with Crippen molar-refractivity contribution in [1.82, 2.24) is 4.98 Å². The van der Waals surface area contributed by atoms with Crippen LogP contribution in [-0.4, -0.2) is 4.98 Å². The molecule has 2 rings (SSSR count). The van der Waals surface area contributed by atoms with E-state index in [0.717, 1.165) is 17.5 Å². The lowest BCUT2D eigenvalue weighted by Gasteiger charge is -2.00. The maximum Gasteiger partial charge on any atom is 0.192 e. The highest BCUT2D eigenvalue weighted by Gasteiger charge is 2.03. The summed E-state index contributed by atoms with van der Waals surface area (Å²) in [7, 11) is 0. The van der Waals surface area contributed by atoms with Gasteiger partial charge in [0.1, 0.15) is 0 Å². The molecule has 0 saturated carbocycles. The van der Waals surface area contributed by atoms with Gasteiger partial charge < -0.3 is 4.98 Å². The van der Waals surface area contributed by atoms with E-state index in [1.165, 1.54) is 0 Å². The first kappa shape index (κ1) is 9.28. The molecular weight excluding hydrogens is 198 g/mol. The van der Waals surface area contributed by atoms with Crippen LogP contribution in [0.25, 0.3) is 10.9 Å². The largest absolute Gasteiger partial charge is 0.361 e. The molecule has 0 atom stereocenters. The van der Waals surface area contributed by atoms with E-state index in [0.29, 0.717) is 10.4 Å². The number of aromatic nitrogens is 1. The zero-order valence-electron chi connectivity index (χ0n) is 7.80. The molecular formula is C11H10ClNO. The third-order valence-electron chi connectivity index (χ3n) is 2.30. The van der Waals surface area contributed by atoms with Gasteiger partial charge in [-0.05, 0) is 24.6 Å². The van der Waals surface area contributed by atoms with Crippen molar-refractivity contribution < 1.29 is 0 Å². The second-order valence-corrected chi connectivity index (χ2v) is 3.62. The molecule has 72 valence electrons. The van der Waals surface area contributed by atoms with E-state index in [9.17, 15) is 4.79 Å². The maximum atomic E-state index is 11.8. The van der Waals surface area contributed by atoms with Crippen molar-refractivity contribution in [3.8, 4) is 0 Å². The van der Waals surface area contributed by atoms with Crippen molar-refractivity contribution in [2.75, 3.05) is 0 Å². The Morgan fingerprint density at radius 1 is 1.43 bits per heavy atom. The molecule has 0 fully saturated rings. The van der Waals surface area contributed by atoms with Gasteiger partial charge in [-0.2, -0.15) is 0 Å². The smallest absolute Gasteiger partial charge is 0.192 e. The Bertz CT molecular complexity index is 530. The van der Waals surface area contributed by atoms with Gasteiger partial charge in [-0.1, -0.05) is 18.5 Å². The van der Waals surface area contributed by atoms with Gasteiger partial charge >= 0.3 is 0 Å². The molecule has 0 radical (unpaired) electrons. The molecule has 0 aliphatic carbocycles. The van der Waals surface area contributed by atoms with Crippen molar-refractivity contribution in [1.29, 1.82) is 0 Å². The number of aromatic amines is 1. The second-order valence-electron chi connectivity index (χ2n) is 3.19. The molecule has 1 N–H and O–H groups in total. The highest BCUT2D eigenvalue weighted by Crippen LogP contribution is 2.14. The number of hydrogen-bond acceptors (Lipinski definition) is 1. The topological polar surface area (TPSA) is 32.9 Å². The quantitative estimate of drug-likeness (QED) is 0.767. The fourth-order valence-electron chi connectivity index (χ4n) is 1.50. The van der Waals surface area contributed by atoms with Crippen LogP contribution in [-0.2, 0) is 6.42 Å². The Hall–Kier alpha value is -1.28. The summed E-state index contributed by atoms with van der Waals surface area (Å²) in [4.78, 5) is 14.9. The summed E-state index contributed by atoms with van der Waals surface area (Å²) in [6.07, 6.45) is 2.49. The first-order valence-corrected chi connectivity index (χ1v) is 4.90. The van der Waals surface area contributed by atoms with Gasteiger partial charge in [-0.15, -0.1) is 0 Å². The van der Waals surface area contributed by atoms with E-state index >= 15 is 0 Å². The zero-order valence-corrected chi connectivity index (χ0v) is 8.56. The first-order chi connectivity index (χ1) is 6.72. The molecule has 14 heavy (non-hydrogen) atoms. The molecule has 0 saturated heterocycles. The molecule has 0 amide bonds. The second kappa shape index (κ2) is 3.46. The number of rotatable bonds is 1. The highest BCUT2D eigenvalue weighted by molar-refractivity contribution is 6.31. The van der Waals surface area contributed by atoms with Crippen LogP contribution in [0.5, 0.6) is 0 Å². The number of pyridine rings is 1. The van der Waals surface area contributed by atoms with E-state index in [1.54, 1.807) is 24.4 Å². The molecule has 1 heterocycles. The Morgan fingerprint density at radius 3 is 2.93 bits per heavy atom. The van der Waals surface area contributed by atoms with Crippen molar-refractivity contribution in [2.24, 2.45) is 0 Å². The van der Waals surface area contributed by atoms with Gasteiger partial charge in [0.25, 0.3) is 0 Å². The summed E-state index contributed by atoms with van der Waals surface area (Å²) in [5, 5.41) is 1.34. The average Bonchev–Trinajstić information content (AvgIpc) is 2.18. The summed E-state index contributed by atoms with van der Waals surface area (Å²) in [6.45, 7) is 1.96. The Morgan fingerprint density at radius 2 is 2.21 bits per heavy atom. The first-order valence-electron chi connectivity index (χ1n) is 4.52. The standard InChI is InChI=1S/C11H10ClNO/c1-2-7-6-13-10-5-8(12)3-4-9(10)11(7)14/h3-6H,2H2,1H3,(H,13,14). The Labute approximate surface area is 86.5 Å². The fourth-order valence-corrected chi connectivity index (χ4v) is 1.67.